The van der Waals surface area contributed by atoms with Gasteiger partial charge in [0.2, 0.25) is 0 Å². The summed E-state index contributed by atoms with van der Waals surface area (Å²) in [5, 5.41) is 4.94. The van der Waals surface area contributed by atoms with Crippen molar-refractivity contribution in [1.29, 1.82) is 0 Å². The summed E-state index contributed by atoms with van der Waals surface area (Å²) < 4.78 is 0. The predicted molar refractivity (Wildman–Crippen MR) is 86.9 cm³/mol. The minimum Gasteiger partial charge on any atom is -0.362 e. The van der Waals surface area contributed by atoms with E-state index in [0.717, 1.165) is 12.5 Å². The molecule has 0 radical (unpaired) electrons. The third-order valence-electron chi connectivity index (χ3n) is 5.16. The first-order chi connectivity index (χ1) is 9.17. The molecule has 0 aromatic rings. The average molecular weight is 282 g/mol. The molecule has 0 bridgehead atoms. The zero-order valence-corrected chi connectivity index (χ0v) is 13.7. The van der Waals surface area contributed by atoms with Gasteiger partial charge in [0.15, 0.2) is 5.17 Å². The lowest BCUT2D eigenvalue weighted by molar-refractivity contribution is 0.317. The molecule has 3 heteroatoms. The van der Waals surface area contributed by atoms with Crippen LogP contribution in [0.3, 0.4) is 0 Å². The van der Waals surface area contributed by atoms with Gasteiger partial charge in [-0.2, -0.15) is 0 Å². The van der Waals surface area contributed by atoms with Crippen LogP contribution in [0.2, 0.25) is 0 Å². The average Bonchev–Trinajstić information content (AvgIpc) is 2.65. The maximum absolute atomic E-state index is 4.84. The Bertz CT molecular complexity index is 310. The van der Waals surface area contributed by atoms with E-state index >= 15 is 0 Å². The summed E-state index contributed by atoms with van der Waals surface area (Å²) in [5.74, 6) is 2.16. The molecule has 1 N–H and O–H groups in total. The van der Waals surface area contributed by atoms with E-state index in [-0.39, 0.29) is 0 Å². The van der Waals surface area contributed by atoms with Gasteiger partial charge >= 0.3 is 0 Å². The SMILES string of the molecule is CCC1(CC)CN=C(NC2CCCC(C)CC2)SC1. The Balaban J connectivity index is 1.85. The van der Waals surface area contributed by atoms with E-state index in [0.29, 0.717) is 11.5 Å². The molecule has 2 unspecified atom stereocenters. The molecule has 19 heavy (non-hydrogen) atoms. The Kier molecular flexibility index (Phi) is 5.61. The predicted octanol–water partition coefficient (Wildman–Crippen LogP) is 4.45. The summed E-state index contributed by atoms with van der Waals surface area (Å²) in [6.07, 6.45) is 9.34. The summed E-state index contributed by atoms with van der Waals surface area (Å²) in [6, 6.07) is 0.673. The first-order valence-corrected chi connectivity index (χ1v) is 9.10. The van der Waals surface area contributed by atoms with Gasteiger partial charge in [-0.05, 0) is 43.4 Å². The fraction of sp³-hybridized carbons (Fsp3) is 0.938. The van der Waals surface area contributed by atoms with Gasteiger partial charge in [0.05, 0.1) is 0 Å². The van der Waals surface area contributed by atoms with Crippen molar-refractivity contribution in [2.45, 2.75) is 71.8 Å². The lowest BCUT2D eigenvalue weighted by atomic mass is 9.84. The summed E-state index contributed by atoms with van der Waals surface area (Å²) in [4.78, 5) is 4.84. The second-order valence-corrected chi connectivity index (χ2v) is 7.54. The lowest BCUT2D eigenvalue weighted by Crippen LogP contribution is -2.38. The van der Waals surface area contributed by atoms with Crippen molar-refractivity contribution in [2.24, 2.45) is 16.3 Å². The molecule has 2 nitrogen and oxygen atoms in total. The van der Waals surface area contributed by atoms with Crippen molar-refractivity contribution < 1.29 is 0 Å². The fourth-order valence-corrected chi connectivity index (χ4v) is 4.47. The number of thioether (sulfide) groups is 1. The van der Waals surface area contributed by atoms with Gasteiger partial charge in [0.1, 0.15) is 0 Å². The highest BCUT2D eigenvalue weighted by Crippen LogP contribution is 2.35. The summed E-state index contributed by atoms with van der Waals surface area (Å²) in [5.41, 5.74) is 0.466. The molecule has 1 saturated carbocycles. The van der Waals surface area contributed by atoms with Crippen LogP contribution < -0.4 is 5.32 Å². The van der Waals surface area contributed by atoms with Crippen molar-refractivity contribution in [3.05, 3.63) is 0 Å². The molecule has 2 aliphatic rings. The van der Waals surface area contributed by atoms with Crippen molar-refractivity contribution >= 4 is 16.9 Å². The molecule has 1 aliphatic heterocycles. The molecule has 0 spiro atoms. The van der Waals surface area contributed by atoms with Gasteiger partial charge < -0.3 is 5.32 Å². The van der Waals surface area contributed by atoms with E-state index in [1.807, 2.05) is 11.8 Å². The van der Waals surface area contributed by atoms with Gasteiger partial charge in [0, 0.05) is 18.3 Å². The monoisotopic (exact) mass is 282 g/mol. The minimum atomic E-state index is 0.466. The van der Waals surface area contributed by atoms with Crippen molar-refractivity contribution in [3.63, 3.8) is 0 Å². The third kappa shape index (κ3) is 4.14. The van der Waals surface area contributed by atoms with Crippen LogP contribution in [0, 0.1) is 11.3 Å². The molecular weight excluding hydrogens is 252 g/mol. The van der Waals surface area contributed by atoms with E-state index in [1.54, 1.807) is 0 Å². The smallest absolute Gasteiger partial charge is 0.156 e. The van der Waals surface area contributed by atoms with Crippen molar-refractivity contribution in [3.8, 4) is 0 Å². The Morgan fingerprint density at radius 2 is 2.00 bits per heavy atom. The first kappa shape index (κ1) is 15.2. The van der Waals surface area contributed by atoms with Gasteiger partial charge in [-0.3, -0.25) is 4.99 Å². The quantitative estimate of drug-likeness (QED) is 0.773. The Morgan fingerprint density at radius 1 is 1.21 bits per heavy atom. The van der Waals surface area contributed by atoms with Crippen molar-refractivity contribution in [1.82, 2.24) is 5.32 Å². The third-order valence-corrected chi connectivity index (χ3v) is 6.44. The fourth-order valence-electron chi connectivity index (χ4n) is 3.12. The second-order valence-electron chi connectivity index (χ2n) is 6.57. The Labute approximate surface area is 123 Å². The first-order valence-electron chi connectivity index (χ1n) is 8.11. The number of hydrogen-bond donors (Lipinski definition) is 1. The molecule has 0 saturated heterocycles. The van der Waals surface area contributed by atoms with Crippen LogP contribution >= 0.6 is 11.8 Å². The largest absolute Gasteiger partial charge is 0.362 e. The number of amidine groups is 1. The van der Waals surface area contributed by atoms with Crippen molar-refractivity contribution in [2.75, 3.05) is 12.3 Å². The van der Waals surface area contributed by atoms with Crippen LogP contribution in [0.5, 0.6) is 0 Å². The topological polar surface area (TPSA) is 24.4 Å². The number of rotatable bonds is 3. The molecule has 0 aromatic heterocycles. The number of aliphatic imine (C=N–C) groups is 1. The molecular formula is C16H30N2S. The van der Waals surface area contributed by atoms with Gasteiger partial charge in [-0.15, -0.1) is 0 Å². The second kappa shape index (κ2) is 7.01. The molecule has 0 aromatic carbocycles. The van der Waals surface area contributed by atoms with Gasteiger partial charge in [0.25, 0.3) is 0 Å². The molecule has 0 amide bonds. The molecule has 2 rings (SSSR count). The molecule has 2 atom stereocenters. The van der Waals surface area contributed by atoms with Crippen LogP contribution in [0.15, 0.2) is 4.99 Å². The highest BCUT2D eigenvalue weighted by atomic mass is 32.2. The Morgan fingerprint density at radius 3 is 2.63 bits per heavy atom. The van der Waals surface area contributed by atoms with Crippen LogP contribution in [0.4, 0.5) is 0 Å². The van der Waals surface area contributed by atoms with Gasteiger partial charge in [-0.1, -0.05) is 45.4 Å². The Hall–Kier alpha value is -0.180. The maximum atomic E-state index is 4.84. The standard InChI is InChI=1S/C16H30N2S/c1-4-16(5-2)11-17-15(19-12-16)18-14-8-6-7-13(3)9-10-14/h13-14H,4-12H2,1-3H3,(H,17,18). The molecule has 1 fully saturated rings. The number of nitrogens with zero attached hydrogens (tertiary/aromatic N) is 1. The molecule has 1 aliphatic carbocycles. The van der Waals surface area contributed by atoms with Gasteiger partial charge in [-0.25, -0.2) is 0 Å². The van der Waals surface area contributed by atoms with E-state index in [9.17, 15) is 0 Å². The summed E-state index contributed by atoms with van der Waals surface area (Å²) in [7, 11) is 0. The zero-order valence-electron chi connectivity index (χ0n) is 12.9. The highest BCUT2D eigenvalue weighted by molar-refractivity contribution is 8.13. The van der Waals surface area contributed by atoms with Crippen LogP contribution in [0.25, 0.3) is 0 Å². The summed E-state index contributed by atoms with van der Waals surface area (Å²) in [6.45, 7) is 8.04. The highest BCUT2D eigenvalue weighted by Gasteiger charge is 2.30. The molecule has 110 valence electrons. The van der Waals surface area contributed by atoms with E-state index in [2.05, 4.69) is 26.1 Å². The lowest BCUT2D eigenvalue weighted by Gasteiger charge is -2.34. The van der Waals surface area contributed by atoms with E-state index < -0.39 is 0 Å². The molecule has 1 heterocycles. The van der Waals surface area contributed by atoms with Crippen LogP contribution in [0.1, 0.15) is 65.7 Å². The number of hydrogen-bond acceptors (Lipinski definition) is 3. The maximum Gasteiger partial charge on any atom is 0.156 e. The van der Waals surface area contributed by atoms with E-state index in [4.69, 9.17) is 4.99 Å². The summed E-state index contributed by atoms with van der Waals surface area (Å²) >= 11 is 1.96. The van der Waals surface area contributed by atoms with Crippen LogP contribution in [-0.4, -0.2) is 23.5 Å². The minimum absolute atomic E-state index is 0.466. The normalized spacial score (nSPS) is 31.4. The zero-order chi connectivity index (χ0) is 13.7. The number of nitrogens with one attached hydrogen (secondary N) is 1. The van der Waals surface area contributed by atoms with Crippen LogP contribution in [-0.2, 0) is 0 Å². The van der Waals surface area contributed by atoms with E-state index in [1.165, 1.54) is 55.9 Å².